The summed E-state index contributed by atoms with van der Waals surface area (Å²) in [7, 11) is 0. The molecule has 100 valence electrons. The van der Waals surface area contributed by atoms with Crippen molar-refractivity contribution < 1.29 is 9.47 Å². The van der Waals surface area contributed by atoms with Gasteiger partial charge in [-0.25, -0.2) is 0 Å². The third-order valence-electron chi connectivity index (χ3n) is 3.32. The Kier molecular flexibility index (Phi) is 4.61. The Morgan fingerprint density at radius 2 is 2.11 bits per heavy atom. The lowest BCUT2D eigenvalue weighted by Crippen LogP contribution is -2.43. The average molecular weight is 249 g/mol. The maximum absolute atomic E-state index is 6.18. The van der Waals surface area contributed by atoms with Crippen molar-refractivity contribution in [3.8, 4) is 5.75 Å². The SMILES string of the molecule is CCOc1ccccc1C1CNCC(C(C)C)O1. The predicted octanol–water partition coefficient (Wildman–Crippen LogP) is 2.77. The first-order valence-corrected chi connectivity index (χ1v) is 6.80. The molecule has 2 atom stereocenters. The van der Waals surface area contributed by atoms with Crippen LogP contribution in [0.15, 0.2) is 24.3 Å². The molecule has 3 heteroatoms. The van der Waals surface area contributed by atoms with Crippen LogP contribution in [0.25, 0.3) is 0 Å². The van der Waals surface area contributed by atoms with Crippen LogP contribution in [0.3, 0.4) is 0 Å². The van der Waals surface area contributed by atoms with Crippen LogP contribution >= 0.6 is 0 Å². The monoisotopic (exact) mass is 249 g/mol. The highest BCUT2D eigenvalue weighted by atomic mass is 16.5. The van der Waals surface area contributed by atoms with Crippen molar-refractivity contribution in [2.45, 2.75) is 33.0 Å². The number of hydrogen-bond donors (Lipinski definition) is 1. The summed E-state index contributed by atoms with van der Waals surface area (Å²) in [6.45, 7) is 8.88. The first-order chi connectivity index (χ1) is 8.72. The van der Waals surface area contributed by atoms with E-state index in [0.717, 1.165) is 24.4 Å². The van der Waals surface area contributed by atoms with E-state index < -0.39 is 0 Å². The Hall–Kier alpha value is -1.06. The van der Waals surface area contributed by atoms with E-state index in [-0.39, 0.29) is 12.2 Å². The van der Waals surface area contributed by atoms with Gasteiger partial charge in [0.15, 0.2) is 0 Å². The molecule has 1 aromatic rings. The Labute approximate surface area is 109 Å². The van der Waals surface area contributed by atoms with Crippen molar-refractivity contribution in [2.75, 3.05) is 19.7 Å². The summed E-state index contributed by atoms with van der Waals surface area (Å²) in [6, 6.07) is 8.16. The molecule has 0 aromatic heterocycles. The quantitative estimate of drug-likeness (QED) is 0.890. The zero-order valence-corrected chi connectivity index (χ0v) is 11.5. The van der Waals surface area contributed by atoms with Gasteiger partial charge < -0.3 is 14.8 Å². The van der Waals surface area contributed by atoms with Crippen LogP contribution in [0, 0.1) is 5.92 Å². The topological polar surface area (TPSA) is 30.5 Å². The molecule has 1 heterocycles. The highest BCUT2D eigenvalue weighted by Gasteiger charge is 2.27. The normalized spacial score (nSPS) is 24.2. The van der Waals surface area contributed by atoms with Crippen LogP contribution in [0.4, 0.5) is 0 Å². The van der Waals surface area contributed by atoms with Crippen LogP contribution < -0.4 is 10.1 Å². The summed E-state index contributed by atoms with van der Waals surface area (Å²) in [5.74, 6) is 1.47. The minimum atomic E-state index is 0.0916. The van der Waals surface area contributed by atoms with Gasteiger partial charge in [0, 0.05) is 18.7 Å². The number of hydrogen-bond acceptors (Lipinski definition) is 3. The van der Waals surface area contributed by atoms with Crippen molar-refractivity contribution in [3.05, 3.63) is 29.8 Å². The van der Waals surface area contributed by atoms with Gasteiger partial charge in [0.05, 0.1) is 18.8 Å². The summed E-state index contributed by atoms with van der Waals surface area (Å²) < 4.78 is 11.9. The number of morpholine rings is 1. The average Bonchev–Trinajstić information content (AvgIpc) is 2.40. The summed E-state index contributed by atoms with van der Waals surface area (Å²) in [4.78, 5) is 0. The lowest BCUT2D eigenvalue weighted by Gasteiger charge is -2.34. The number of rotatable bonds is 4. The molecule has 0 saturated carbocycles. The number of para-hydroxylation sites is 1. The minimum absolute atomic E-state index is 0.0916. The minimum Gasteiger partial charge on any atom is -0.493 e. The number of benzene rings is 1. The van der Waals surface area contributed by atoms with E-state index in [9.17, 15) is 0 Å². The second kappa shape index (κ2) is 6.21. The zero-order valence-electron chi connectivity index (χ0n) is 11.5. The number of ether oxygens (including phenoxy) is 2. The molecule has 1 aliphatic heterocycles. The van der Waals surface area contributed by atoms with Gasteiger partial charge in [-0.2, -0.15) is 0 Å². The zero-order chi connectivity index (χ0) is 13.0. The van der Waals surface area contributed by atoms with Crippen molar-refractivity contribution in [3.63, 3.8) is 0 Å². The fourth-order valence-electron chi connectivity index (χ4n) is 2.27. The largest absolute Gasteiger partial charge is 0.493 e. The standard InChI is InChI=1S/C15H23NO2/c1-4-17-13-8-6-5-7-12(13)15-10-16-9-14(18-15)11(2)3/h5-8,11,14-16H,4,9-10H2,1-3H3. The first kappa shape index (κ1) is 13.4. The second-order valence-corrected chi connectivity index (χ2v) is 5.04. The molecule has 0 spiro atoms. The van der Waals surface area contributed by atoms with E-state index >= 15 is 0 Å². The maximum atomic E-state index is 6.18. The Balaban J connectivity index is 2.15. The van der Waals surface area contributed by atoms with Crippen molar-refractivity contribution in [2.24, 2.45) is 5.92 Å². The van der Waals surface area contributed by atoms with E-state index in [1.165, 1.54) is 0 Å². The summed E-state index contributed by atoms with van der Waals surface area (Å²) in [6.07, 6.45) is 0.368. The maximum Gasteiger partial charge on any atom is 0.125 e. The molecule has 0 aliphatic carbocycles. The first-order valence-electron chi connectivity index (χ1n) is 6.80. The predicted molar refractivity (Wildman–Crippen MR) is 72.9 cm³/mol. The highest BCUT2D eigenvalue weighted by Crippen LogP contribution is 2.30. The van der Waals surface area contributed by atoms with Gasteiger partial charge in [0.1, 0.15) is 5.75 Å². The van der Waals surface area contributed by atoms with Crippen LogP contribution in [0.1, 0.15) is 32.4 Å². The van der Waals surface area contributed by atoms with Crippen molar-refractivity contribution >= 4 is 0 Å². The molecule has 1 N–H and O–H groups in total. The van der Waals surface area contributed by atoms with E-state index in [2.05, 4.69) is 25.2 Å². The molecular formula is C15H23NO2. The lowest BCUT2D eigenvalue weighted by molar-refractivity contribution is -0.0612. The van der Waals surface area contributed by atoms with Gasteiger partial charge in [-0.15, -0.1) is 0 Å². The Morgan fingerprint density at radius 1 is 1.33 bits per heavy atom. The molecule has 0 amide bonds. The van der Waals surface area contributed by atoms with Crippen molar-refractivity contribution in [1.82, 2.24) is 5.32 Å². The van der Waals surface area contributed by atoms with Gasteiger partial charge in [-0.1, -0.05) is 32.0 Å². The lowest BCUT2D eigenvalue weighted by atomic mass is 10.0. The molecule has 0 bridgehead atoms. The summed E-state index contributed by atoms with van der Waals surface area (Å²) >= 11 is 0. The molecule has 1 aromatic carbocycles. The van der Waals surface area contributed by atoms with E-state index in [4.69, 9.17) is 9.47 Å². The van der Waals surface area contributed by atoms with Crippen molar-refractivity contribution in [1.29, 1.82) is 0 Å². The Morgan fingerprint density at radius 3 is 2.83 bits per heavy atom. The molecule has 2 unspecified atom stereocenters. The van der Waals surface area contributed by atoms with Crippen LogP contribution in [0.5, 0.6) is 5.75 Å². The third-order valence-corrected chi connectivity index (χ3v) is 3.32. The van der Waals surface area contributed by atoms with Gasteiger partial charge in [-0.3, -0.25) is 0 Å². The van der Waals surface area contributed by atoms with E-state index in [0.29, 0.717) is 12.5 Å². The van der Waals surface area contributed by atoms with E-state index in [1.54, 1.807) is 0 Å². The second-order valence-electron chi connectivity index (χ2n) is 5.04. The fraction of sp³-hybridized carbons (Fsp3) is 0.600. The third kappa shape index (κ3) is 3.03. The van der Waals surface area contributed by atoms with Gasteiger partial charge in [-0.05, 0) is 18.9 Å². The summed E-state index contributed by atoms with van der Waals surface area (Å²) in [5, 5.41) is 3.45. The molecule has 3 nitrogen and oxygen atoms in total. The molecule has 1 aliphatic rings. The van der Waals surface area contributed by atoms with Crippen LogP contribution in [-0.2, 0) is 4.74 Å². The van der Waals surface area contributed by atoms with Gasteiger partial charge in [0.2, 0.25) is 0 Å². The molecule has 1 saturated heterocycles. The molecular weight excluding hydrogens is 226 g/mol. The van der Waals surface area contributed by atoms with Gasteiger partial charge in [0.25, 0.3) is 0 Å². The highest BCUT2D eigenvalue weighted by molar-refractivity contribution is 5.35. The molecule has 1 fully saturated rings. The van der Waals surface area contributed by atoms with E-state index in [1.807, 2.05) is 25.1 Å². The smallest absolute Gasteiger partial charge is 0.125 e. The number of nitrogens with one attached hydrogen (secondary N) is 1. The van der Waals surface area contributed by atoms with Gasteiger partial charge >= 0.3 is 0 Å². The molecule has 18 heavy (non-hydrogen) atoms. The fourth-order valence-corrected chi connectivity index (χ4v) is 2.27. The molecule has 0 radical (unpaired) electrons. The van der Waals surface area contributed by atoms with Crippen LogP contribution in [0.2, 0.25) is 0 Å². The van der Waals surface area contributed by atoms with Crippen LogP contribution in [-0.4, -0.2) is 25.8 Å². The summed E-state index contributed by atoms with van der Waals surface area (Å²) in [5.41, 5.74) is 1.15. The molecule has 2 rings (SSSR count). The Bertz CT molecular complexity index is 379.